The highest BCUT2D eigenvalue weighted by Crippen LogP contribution is 2.21. The maximum Gasteiger partial charge on any atom is 0.0935 e. The predicted octanol–water partition coefficient (Wildman–Crippen LogP) is 2.32. The SMILES string of the molecule is CCCOCC(NC)c1cccc2nccnc12. The number of benzene rings is 1. The van der Waals surface area contributed by atoms with E-state index in [1.807, 2.05) is 19.2 Å². The summed E-state index contributed by atoms with van der Waals surface area (Å²) in [6, 6.07) is 6.21. The highest BCUT2D eigenvalue weighted by Gasteiger charge is 2.13. The second-order valence-electron chi connectivity index (χ2n) is 4.19. The zero-order chi connectivity index (χ0) is 12.8. The molecule has 0 bridgehead atoms. The van der Waals surface area contributed by atoms with Crippen LogP contribution in [0.1, 0.15) is 24.9 Å². The maximum atomic E-state index is 5.63. The van der Waals surface area contributed by atoms with Crippen molar-refractivity contribution in [1.29, 1.82) is 0 Å². The number of fused-ring (bicyclic) bond motifs is 1. The molecule has 0 spiro atoms. The third-order valence-corrected chi connectivity index (χ3v) is 2.89. The fourth-order valence-electron chi connectivity index (χ4n) is 1.97. The van der Waals surface area contributed by atoms with Crippen LogP contribution in [0.5, 0.6) is 0 Å². The van der Waals surface area contributed by atoms with Crippen molar-refractivity contribution in [2.24, 2.45) is 0 Å². The monoisotopic (exact) mass is 245 g/mol. The summed E-state index contributed by atoms with van der Waals surface area (Å²) in [7, 11) is 1.94. The Morgan fingerprint density at radius 1 is 1.28 bits per heavy atom. The molecule has 1 heterocycles. The lowest BCUT2D eigenvalue weighted by Gasteiger charge is -2.17. The van der Waals surface area contributed by atoms with Gasteiger partial charge >= 0.3 is 0 Å². The first-order chi connectivity index (χ1) is 8.86. The van der Waals surface area contributed by atoms with E-state index in [4.69, 9.17) is 4.74 Å². The molecule has 0 radical (unpaired) electrons. The van der Waals surface area contributed by atoms with E-state index in [2.05, 4.69) is 28.3 Å². The first kappa shape index (κ1) is 12.9. The van der Waals surface area contributed by atoms with E-state index in [-0.39, 0.29) is 6.04 Å². The van der Waals surface area contributed by atoms with Gasteiger partial charge in [-0.3, -0.25) is 9.97 Å². The second-order valence-corrected chi connectivity index (χ2v) is 4.19. The fourth-order valence-corrected chi connectivity index (χ4v) is 1.97. The molecule has 2 rings (SSSR count). The molecule has 0 aliphatic rings. The molecule has 96 valence electrons. The maximum absolute atomic E-state index is 5.63. The van der Waals surface area contributed by atoms with E-state index in [1.54, 1.807) is 12.4 Å². The van der Waals surface area contributed by atoms with Crippen molar-refractivity contribution in [3.63, 3.8) is 0 Å². The quantitative estimate of drug-likeness (QED) is 0.793. The number of aromatic nitrogens is 2. The third kappa shape index (κ3) is 2.83. The van der Waals surface area contributed by atoms with Gasteiger partial charge in [-0.25, -0.2) is 0 Å². The van der Waals surface area contributed by atoms with Gasteiger partial charge in [-0.2, -0.15) is 0 Å². The summed E-state index contributed by atoms with van der Waals surface area (Å²) >= 11 is 0. The zero-order valence-corrected chi connectivity index (χ0v) is 10.9. The van der Waals surface area contributed by atoms with Crippen molar-refractivity contribution in [2.45, 2.75) is 19.4 Å². The normalized spacial score (nSPS) is 12.8. The molecule has 0 saturated carbocycles. The molecule has 0 fully saturated rings. The molecule has 18 heavy (non-hydrogen) atoms. The van der Waals surface area contributed by atoms with Gasteiger partial charge in [0.15, 0.2) is 0 Å². The highest BCUT2D eigenvalue weighted by molar-refractivity contribution is 5.78. The second kappa shape index (κ2) is 6.42. The molecule has 0 aliphatic heterocycles. The van der Waals surface area contributed by atoms with Gasteiger partial charge in [0.2, 0.25) is 0 Å². The van der Waals surface area contributed by atoms with Crippen molar-refractivity contribution in [2.75, 3.05) is 20.3 Å². The first-order valence-electron chi connectivity index (χ1n) is 6.31. The molecular formula is C14H19N3O. The van der Waals surface area contributed by atoms with Crippen LogP contribution in [0.3, 0.4) is 0 Å². The van der Waals surface area contributed by atoms with Crippen LogP contribution < -0.4 is 5.32 Å². The smallest absolute Gasteiger partial charge is 0.0935 e. The Morgan fingerprint density at radius 2 is 2.11 bits per heavy atom. The molecule has 1 atom stereocenters. The Hall–Kier alpha value is -1.52. The number of rotatable bonds is 6. The summed E-state index contributed by atoms with van der Waals surface area (Å²) in [5.41, 5.74) is 3.00. The molecule has 0 amide bonds. The predicted molar refractivity (Wildman–Crippen MR) is 72.4 cm³/mol. The average molecular weight is 245 g/mol. The van der Waals surface area contributed by atoms with Gasteiger partial charge in [-0.15, -0.1) is 0 Å². The van der Waals surface area contributed by atoms with E-state index in [0.717, 1.165) is 29.6 Å². The molecular weight excluding hydrogens is 226 g/mol. The van der Waals surface area contributed by atoms with Gasteiger partial charge in [0.05, 0.1) is 23.7 Å². The minimum absolute atomic E-state index is 0.150. The lowest BCUT2D eigenvalue weighted by atomic mass is 10.1. The topological polar surface area (TPSA) is 47.0 Å². The molecule has 4 heteroatoms. The van der Waals surface area contributed by atoms with Gasteiger partial charge in [0.1, 0.15) is 0 Å². The fraction of sp³-hybridized carbons (Fsp3) is 0.429. The van der Waals surface area contributed by atoms with Gasteiger partial charge in [-0.1, -0.05) is 19.1 Å². The minimum Gasteiger partial charge on any atom is -0.379 e. The van der Waals surface area contributed by atoms with Gasteiger partial charge in [0, 0.05) is 19.0 Å². The van der Waals surface area contributed by atoms with E-state index in [1.165, 1.54) is 0 Å². The lowest BCUT2D eigenvalue weighted by molar-refractivity contribution is 0.114. The molecule has 0 saturated heterocycles. The molecule has 1 aromatic heterocycles. The standard InChI is InChI=1S/C14H19N3O/c1-3-9-18-10-13(15-2)11-5-4-6-12-14(11)17-8-7-16-12/h4-8,13,15H,3,9-10H2,1-2H3. The van der Waals surface area contributed by atoms with Crippen molar-refractivity contribution in [3.05, 3.63) is 36.2 Å². The van der Waals surface area contributed by atoms with Crippen LogP contribution >= 0.6 is 0 Å². The van der Waals surface area contributed by atoms with Crippen LogP contribution in [-0.2, 0) is 4.74 Å². The van der Waals surface area contributed by atoms with E-state index < -0.39 is 0 Å². The molecule has 0 aliphatic carbocycles. The van der Waals surface area contributed by atoms with Crippen LogP contribution in [0.4, 0.5) is 0 Å². The van der Waals surface area contributed by atoms with E-state index >= 15 is 0 Å². The number of hydrogen-bond acceptors (Lipinski definition) is 4. The van der Waals surface area contributed by atoms with Crippen molar-refractivity contribution in [3.8, 4) is 0 Å². The Balaban J connectivity index is 2.27. The van der Waals surface area contributed by atoms with Gasteiger partial charge in [0.25, 0.3) is 0 Å². The van der Waals surface area contributed by atoms with E-state index in [0.29, 0.717) is 6.61 Å². The van der Waals surface area contributed by atoms with Crippen molar-refractivity contribution in [1.82, 2.24) is 15.3 Å². The largest absolute Gasteiger partial charge is 0.379 e. The summed E-state index contributed by atoms with van der Waals surface area (Å²) in [4.78, 5) is 8.74. The zero-order valence-electron chi connectivity index (χ0n) is 10.9. The number of nitrogens with zero attached hydrogens (tertiary/aromatic N) is 2. The average Bonchev–Trinajstić information content (AvgIpc) is 2.43. The summed E-state index contributed by atoms with van der Waals surface area (Å²) in [6.07, 6.45) is 4.48. The first-order valence-corrected chi connectivity index (χ1v) is 6.31. The summed E-state index contributed by atoms with van der Waals surface area (Å²) in [5.74, 6) is 0. The molecule has 2 aromatic rings. The van der Waals surface area contributed by atoms with Crippen LogP contribution in [0.25, 0.3) is 11.0 Å². The number of hydrogen-bond donors (Lipinski definition) is 1. The Morgan fingerprint density at radius 3 is 2.89 bits per heavy atom. The van der Waals surface area contributed by atoms with Crippen molar-refractivity contribution >= 4 is 11.0 Å². The van der Waals surface area contributed by atoms with Crippen LogP contribution in [0.15, 0.2) is 30.6 Å². The summed E-state index contributed by atoms with van der Waals surface area (Å²) < 4.78 is 5.63. The Kier molecular flexibility index (Phi) is 4.61. The number of nitrogens with one attached hydrogen (secondary N) is 1. The number of para-hydroxylation sites is 1. The van der Waals surface area contributed by atoms with E-state index in [9.17, 15) is 0 Å². The minimum atomic E-state index is 0.150. The molecule has 1 N–H and O–H groups in total. The molecule has 1 unspecified atom stereocenters. The Labute approximate surface area is 107 Å². The lowest BCUT2D eigenvalue weighted by Crippen LogP contribution is -2.22. The summed E-state index contributed by atoms with van der Waals surface area (Å²) in [6.45, 7) is 3.55. The molecule has 4 nitrogen and oxygen atoms in total. The van der Waals surface area contributed by atoms with Crippen LogP contribution in [0.2, 0.25) is 0 Å². The Bertz CT molecular complexity index is 496. The summed E-state index contributed by atoms with van der Waals surface area (Å²) in [5, 5.41) is 3.28. The number of ether oxygens (including phenoxy) is 1. The van der Waals surface area contributed by atoms with Gasteiger partial charge in [-0.05, 0) is 25.1 Å². The van der Waals surface area contributed by atoms with Crippen molar-refractivity contribution < 1.29 is 4.74 Å². The molecule has 1 aromatic carbocycles. The third-order valence-electron chi connectivity index (χ3n) is 2.89. The highest BCUT2D eigenvalue weighted by atomic mass is 16.5. The van der Waals surface area contributed by atoms with Gasteiger partial charge < -0.3 is 10.1 Å². The van der Waals surface area contributed by atoms with Crippen LogP contribution in [-0.4, -0.2) is 30.2 Å². The number of likely N-dealkylation sites (N-methyl/N-ethyl adjacent to an activating group) is 1. The van der Waals surface area contributed by atoms with Crippen LogP contribution in [0, 0.1) is 0 Å².